The standard InChI is InChI=1S/C17H16FN3O2/c18-13-5-3-4-12(8-13)10-21-11-14(9-16(21)22)20-17(23)15-6-1-2-7-19-15/h1-8,14H,9-11H2,(H,20,23). The third kappa shape index (κ3) is 3.71. The number of halogens is 1. The molecule has 0 bridgehead atoms. The maximum Gasteiger partial charge on any atom is 0.270 e. The molecule has 1 N–H and O–H groups in total. The Hall–Kier alpha value is -2.76. The summed E-state index contributed by atoms with van der Waals surface area (Å²) < 4.78 is 13.2. The molecular formula is C17H16FN3O2. The number of nitrogens with one attached hydrogen (secondary N) is 1. The summed E-state index contributed by atoms with van der Waals surface area (Å²) in [4.78, 5) is 29.7. The third-order valence-corrected chi connectivity index (χ3v) is 3.71. The van der Waals surface area contributed by atoms with E-state index in [4.69, 9.17) is 0 Å². The number of pyridine rings is 1. The molecule has 0 aliphatic carbocycles. The van der Waals surface area contributed by atoms with E-state index in [9.17, 15) is 14.0 Å². The monoisotopic (exact) mass is 313 g/mol. The number of benzene rings is 1. The van der Waals surface area contributed by atoms with E-state index in [0.717, 1.165) is 5.56 Å². The Kier molecular flexibility index (Phi) is 4.32. The molecule has 0 spiro atoms. The molecular weight excluding hydrogens is 297 g/mol. The quantitative estimate of drug-likeness (QED) is 0.935. The molecule has 0 saturated carbocycles. The van der Waals surface area contributed by atoms with E-state index in [1.165, 1.54) is 12.1 Å². The lowest BCUT2D eigenvalue weighted by atomic mass is 10.2. The van der Waals surface area contributed by atoms with Gasteiger partial charge in [0.1, 0.15) is 11.5 Å². The van der Waals surface area contributed by atoms with Crippen molar-refractivity contribution in [2.24, 2.45) is 0 Å². The first-order chi connectivity index (χ1) is 11.1. The van der Waals surface area contributed by atoms with Gasteiger partial charge in [-0.3, -0.25) is 14.6 Å². The molecule has 1 unspecified atom stereocenters. The molecule has 118 valence electrons. The molecule has 1 atom stereocenters. The number of rotatable bonds is 4. The van der Waals surface area contributed by atoms with Crippen molar-refractivity contribution in [3.63, 3.8) is 0 Å². The summed E-state index contributed by atoms with van der Waals surface area (Å²) in [6.45, 7) is 0.750. The molecule has 1 aromatic carbocycles. The van der Waals surface area contributed by atoms with Gasteiger partial charge in [-0.2, -0.15) is 0 Å². The summed E-state index contributed by atoms with van der Waals surface area (Å²) >= 11 is 0. The molecule has 3 rings (SSSR count). The van der Waals surface area contributed by atoms with Crippen molar-refractivity contribution in [3.8, 4) is 0 Å². The number of carbonyl (C=O) groups excluding carboxylic acids is 2. The van der Waals surface area contributed by atoms with Gasteiger partial charge in [0.15, 0.2) is 0 Å². The van der Waals surface area contributed by atoms with Crippen LogP contribution in [0.1, 0.15) is 22.5 Å². The van der Waals surface area contributed by atoms with Crippen LogP contribution in [-0.2, 0) is 11.3 Å². The number of carbonyl (C=O) groups is 2. The van der Waals surface area contributed by atoms with E-state index in [1.54, 1.807) is 41.4 Å². The number of aromatic nitrogens is 1. The number of hydrogen-bond acceptors (Lipinski definition) is 3. The Bertz CT molecular complexity index is 721. The van der Waals surface area contributed by atoms with Crippen molar-refractivity contribution in [1.82, 2.24) is 15.2 Å². The van der Waals surface area contributed by atoms with Crippen LogP contribution in [-0.4, -0.2) is 34.3 Å². The fourth-order valence-corrected chi connectivity index (χ4v) is 2.63. The van der Waals surface area contributed by atoms with Gasteiger partial charge in [-0.05, 0) is 29.8 Å². The molecule has 1 aliphatic heterocycles. The van der Waals surface area contributed by atoms with Crippen molar-refractivity contribution in [3.05, 3.63) is 65.7 Å². The minimum absolute atomic E-state index is 0.0550. The highest BCUT2D eigenvalue weighted by Gasteiger charge is 2.30. The zero-order chi connectivity index (χ0) is 16.2. The number of amides is 2. The first-order valence-electron chi connectivity index (χ1n) is 7.36. The zero-order valence-corrected chi connectivity index (χ0v) is 12.4. The molecule has 1 saturated heterocycles. The van der Waals surface area contributed by atoms with Gasteiger partial charge < -0.3 is 10.2 Å². The lowest BCUT2D eigenvalue weighted by molar-refractivity contribution is -0.128. The second-order valence-electron chi connectivity index (χ2n) is 5.49. The van der Waals surface area contributed by atoms with Gasteiger partial charge in [-0.25, -0.2) is 4.39 Å². The van der Waals surface area contributed by atoms with Crippen LogP contribution >= 0.6 is 0 Å². The fourth-order valence-electron chi connectivity index (χ4n) is 2.63. The summed E-state index contributed by atoms with van der Waals surface area (Å²) in [7, 11) is 0. The smallest absolute Gasteiger partial charge is 0.270 e. The molecule has 2 aromatic rings. The Balaban J connectivity index is 1.60. The van der Waals surface area contributed by atoms with Crippen LogP contribution in [0.5, 0.6) is 0 Å². The highest BCUT2D eigenvalue weighted by molar-refractivity contribution is 5.93. The van der Waals surface area contributed by atoms with Gasteiger partial charge in [-0.15, -0.1) is 0 Å². The van der Waals surface area contributed by atoms with Gasteiger partial charge in [0, 0.05) is 25.7 Å². The predicted molar refractivity (Wildman–Crippen MR) is 81.9 cm³/mol. The average Bonchev–Trinajstić information content (AvgIpc) is 2.87. The van der Waals surface area contributed by atoms with Gasteiger partial charge in [-0.1, -0.05) is 18.2 Å². The van der Waals surface area contributed by atoms with Gasteiger partial charge >= 0.3 is 0 Å². The van der Waals surface area contributed by atoms with Crippen molar-refractivity contribution in [2.75, 3.05) is 6.54 Å². The fraction of sp³-hybridized carbons (Fsp3) is 0.235. The predicted octanol–water partition coefficient (Wildman–Crippen LogP) is 1.75. The van der Waals surface area contributed by atoms with Gasteiger partial charge in [0.2, 0.25) is 5.91 Å². The SMILES string of the molecule is O=C(NC1CC(=O)N(Cc2cccc(F)c2)C1)c1ccccn1. The lowest BCUT2D eigenvalue weighted by Gasteiger charge is -2.17. The van der Waals surface area contributed by atoms with Crippen LogP contribution < -0.4 is 5.32 Å². The molecule has 2 amide bonds. The van der Waals surface area contributed by atoms with Crippen molar-refractivity contribution in [1.29, 1.82) is 0 Å². The van der Waals surface area contributed by atoms with Gasteiger partial charge in [0.25, 0.3) is 5.91 Å². The molecule has 6 heteroatoms. The highest BCUT2D eigenvalue weighted by atomic mass is 19.1. The normalized spacial score (nSPS) is 17.3. The van der Waals surface area contributed by atoms with E-state index in [0.29, 0.717) is 18.8 Å². The van der Waals surface area contributed by atoms with Crippen LogP contribution in [0.4, 0.5) is 4.39 Å². The van der Waals surface area contributed by atoms with Crippen LogP contribution in [0, 0.1) is 5.82 Å². The van der Waals surface area contributed by atoms with Crippen molar-refractivity contribution in [2.45, 2.75) is 19.0 Å². The topological polar surface area (TPSA) is 62.3 Å². The summed E-state index contributed by atoms with van der Waals surface area (Å²) in [5, 5.41) is 2.81. The third-order valence-electron chi connectivity index (χ3n) is 3.71. The minimum atomic E-state index is -0.325. The average molecular weight is 313 g/mol. The van der Waals surface area contributed by atoms with Crippen molar-refractivity contribution >= 4 is 11.8 Å². The van der Waals surface area contributed by atoms with Crippen LogP contribution in [0.25, 0.3) is 0 Å². The Morgan fingerprint density at radius 2 is 2.17 bits per heavy atom. The van der Waals surface area contributed by atoms with E-state index < -0.39 is 0 Å². The second kappa shape index (κ2) is 6.56. The molecule has 23 heavy (non-hydrogen) atoms. The summed E-state index contributed by atoms with van der Waals surface area (Å²) in [6, 6.07) is 11.0. The summed E-state index contributed by atoms with van der Waals surface area (Å²) in [5.41, 5.74) is 1.05. The first-order valence-corrected chi connectivity index (χ1v) is 7.36. The number of likely N-dealkylation sites (tertiary alicyclic amines) is 1. The number of hydrogen-bond donors (Lipinski definition) is 1. The van der Waals surface area contributed by atoms with E-state index in [1.807, 2.05) is 0 Å². The first kappa shape index (κ1) is 15.1. The summed E-state index contributed by atoms with van der Waals surface area (Å²) in [5.74, 6) is -0.675. The highest BCUT2D eigenvalue weighted by Crippen LogP contribution is 2.16. The van der Waals surface area contributed by atoms with Crippen molar-refractivity contribution < 1.29 is 14.0 Å². The molecule has 2 heterocycles. The Morgan fingerprint density at radius 3 is 2.91 bits per heavy atom. The Labute approximate surface area is 133 Å². The van der Waals surface area contributed by atoms with Crippen LogP contribution in [0.3, 0.4) is 0 Å². The van der Waals surface area contributed by atoms with E-state index in [2.05, 4.69) is 10.3 Å². The largest absolute Gasteiger partial charge is 0.346 e. The van der Waals surface area contributed by atoms with Gasteiger partial charge in [0.05, 0.1) is 6.04 Å². The molecule has 1 fully saturated rings. The molecule has 5 nitrogen and oxygen atoms in total. The molecule has 0 radical (unpaired) electrons. The van der Waals surface area contributed by atoms with Crippen LogP contribution in [0.15, 0.2) is 48.7 Å². The maximum atomic E-state index is 13.2. The number of nitrogens with zero attached hydrogens (tertiary/aromatic N) is 2. The molecule has 1 aliphatic rings. The Morgan fingerprint density at radius 1 is 1.30 bits per heavy atom. The van der Waals surface area contributed by atoms with E-state index in [-0.39, 0.29) is 30.1 Å². The maximum absolute atomic E-state index is 13.2. The van der Waals surface area contributed by atoms with E-state index >= 15 is 0 Å². The summed E-state index contributed by atoms with van der Waals surface area (Å²) in [6.07, 6.45) is 1.79. The second-order valence-corrected chi connectivity index (χ2v) is 5.49. The lowest BCUT2D eigenvalue weighted by Crippen LogP contribution is -2.37. The zero-order valence-electron chi connectivity index (χ0n) is 12.4. The molecule has 1 aromatic heterocycles. The van der Waals surface area contributed by atoms with Crippen LogP contribution in [0.2, 0.25) is 0 Å². The minimum Gasteiger partial charge on any atom is -0.346 e.